The van der Waals surface area contributed by atoms with Gasteiger partial charge < -0.3 is 5.32 Å². The Kier molecular flexibility index (Phi) is 4.37. The van der Waals surface area contributed by atoms with Gasteiger partial charge in [0.1, 0.15) is 0 Å². The van der Waals surface area contributed by atoms with Crippen LogP contribution in [-0.4, -0.2) is 15.7 Å². The van der Waals surface area contributed by atoms with Crippen molar-refractivity contribution < 1.29 is 4.79 Å². The Bertz CT molecular complexity index is 592. The van der Waals surface area contributed by atoms with E-state index in [9.17, 15) is 4.79 Å². The van der Waals surface area contributed by atoms with Gasteiger partial charge in [-0.25, -0.2) is 0 Å². The molecular formula is C14H16BrN3O. The largest absolute Gasteiger partial charge is 0.326 e. The van der Waals surface area contributed by atoms with E-state index in [1.807, 2.05) is 38.2 Å². The Morgan fingerprint density at radius 1 is 1.42 bits per heavy atom. The lowest BCUT2D eigenvalue weighted by Crippen LogP contribution is -2.15. The minimum Gasteiger partial charge on any atom is -0.326 e. The molecule has 0 saturated heterocycles. The van der Waals surface area contributed by atoms with E-state index < -0.39 is 0 Å². The number of nitrogens with one attached hydrogen (secondary N) is 1. The Balaban J connectivity index is 1.92. The SMILES string of the molecule is Cc1ccc(C)c(NC(=O)CCn2cc(Br)cn2)c1. The first-order valence-corrected chi connectivity index (χ1v) is 6.89. The van der Waals surface area contributed by atoms with E-state index in [-0.39, 0.29) is 5.91 Å². The van der Waals surface area contributed by atoms with Gasteiger partial charge in [-0.3, -0.25) is 9.48 Å². The van der Waals surface area contributed by atoms with Crippen molar-refractivity contribution in [2.75, 3.05) is 5.32 Å². The van der Waals surface area contributed by atoms with Crippen LogP contribution in [0.2, 0.25) is 0 Å². The van der Waals surface area contributed by atoms with Crippen LogP contribution in [0.1, 0.15) is 17.5 Å². The number of benzene rings is 1. The van der Waals surface area contributed by atoms with E-state index in [0.717, 1.165) is 21.3 Å². The predicted molar refractivity (Wildman–Crippen MR) is 79.1 cm³/mol. The number of hydrogen-bond acceptors (Lipinski definition) is 2. The van der Waals surface area contributed by atoms with E-state index in [0.29, 0.717) is 13.0 Å². The topological polar surface area (TPSA) is 46.9 Å². The van der Waals surface area contributed by atoms with Gasteiger partial charge in [0.15, 0.2) is 0 Å². The molecule has 5 heteroatoms. The summed E-state index contributed by atoms with van der Waals surface area (Å²) in [6.45, 7) is 4.57. The van der Waals surface area contributed by atoms with Crippen LogP contribution in [0.5, 0.6) is 0 Å². The lowest BCUT2D eigenvalue weighted by Gasteiger charge is -2.09. The first-order valence-electron chi connectivity index (χ1n) is 6.09. The molecule has 4 nitrogen and oxygen atoms in total. The monoisotopic (exact) mass is 321 g/mol. The molecule has 2 aromatic rings. The van der Waals surface area contributed by atoms with Crippen molar-refractivity contribution >= 4 is 27.5 Å². The second-order valence-corrected chi connectivity index (χ2v) is 5.45. The maximum atomic E-state index is 11.9. The Morgan fingerprint density at radius 3 is 2.89 bits per heavy atom. The van der Waals surface area contributed by atoms with Gasteiger partial charge in [0.25, 0.3) is 0 Å². The van der Waals surface area contributed by atoms with Gasteiger partial charge in [-0.15, -0.1) is 0 Å². The molecule has 0 atom stereocenters. The van der Waals surface area contributed by atoms with E-state index in [2.05, 4.69) is 26.3 Å². The number of hydrogen-bond donors (Lipinski definition) is 1. The van der Waals surface area contributed by atoms with E-state index >= 15 is 0 Å². The van der Waals surface area contributed by atoms with Crippen LogP contribution >= 0.6 is 15.9 Å². The number of aromatic nitrogens is 2. The van der Waals surface area contributed by atoms with E-state index in [4.69, 9.17) is 0 Å². The van der Waals surface area contributed by atoms with Crippen molar-refractivity contribution in [2.24, 2.45) is 0 Å². The summed E-state index contributed by atoms with van der Waals surface area (Å²) in [6.07, 6.45) is 3.97. The summed E-state index contributed by atoms with van der Waals surface area (Å²) in [7, 11) is 0. The van der Waals surface area contributed by atoms with Gasteiger partial charge in [-0.2, -0.15) is 5.10 Å². The van der Waals surface area contributed by atoms with E-state index in [1.54, 1.807) is 10.9 Å². The van der Waals surface area contributed by atoms with Crippen molar-refractivity contribution in [1.29, 1.82) is 0 Å². The van der Waals surface area contributed by atoms with Crippen molar-refractivity contribution in [3.05, 3.63) is 46.2 Å². The average molecular weight is 322 g/mol. The molecular weight excluding hydrogens is 306 g/mol. The molecule has 19 heavy (non-hydrogen) atoms. The van der Waals surface area contributed by atoms with Crippen LogP contribution in [0.15, 0.2) is 35.1 Å². The summed E-state index contributed by atoms with van der Waals surface area (Å²) in [5, 5.41) is 7.05. The molecule has 0 aliphatic carbocycles. The zero-order valence-electron chi connectivity index (χ0n) is 11.0. The molecule has 0 aliphatic rings. The summed E-state index contributed by atoms with van der Waals surface area (Å²) in [5.74, 6) is 0.000299. The zero-order chi connectivity index (χ0) is 13.8. The third-order valence-electron chi connectivity index (χ3n) is 2.84. The van der Waals surface area contributed by atoms with Crippen LogP contribution in [0, 0.1) is 13.8 Å². The third-order valence-corrected chi connectivity index (χ3v) is 3.25. The summed E-state index contributed by atoms with van der Waals surface area (Å²) in [5.41, 5.74) is 3.09. The molecule has 1 heterocycles. The Hall–Kier alpha value is -1.62. The highest BCUT2D eigenvalue weighted by Crippen LogP contribution is 2.16. The normalized spacial score (nSPS) is 10.5. The van der Waals surface area contributed by atoms with Crippen molar-refractivity contribution in [2.45, 2.75) is 26.8 Å². The van der Waals surface area contributed by atoms with Crippen LogP contribution < -0.4 is 5.32 Å². The number of aryl methyl sites for hydroxylation is 3. The minimum absolute atomic E-state index is 0.000299. The summed E-state index contributed by atoms with van der Waals surface area (Å²) in [6, 6.07) is 6.03. The fraction of sp³-hybridized carbons (Fsp3) is 0.286. The van der Waals surface area contributed by atoms with E-state index in [1.165, 1.54) is 0 Å². The van der Waals surface area contributed by atoms with Crippen molar-refractivity contribution in [1.82, 2.24) is 9.78 Å². The lowest BCUT2D eigenvalue weighted by atomic mass is 10.1. The fourth-order valence-corrected chi connectivity index (χ4v) is 2.09. The van der Waals surface area contributed by atoms with Crippen LogP contribution in [0.3, 0.4) is 0 Å². The van der Waals surface area contributed by atoms with Crippen LogP contribution in [-0.2, 0) is 11.3 Å². The molecule has 0 bridgehead atoms. The average Bonchev–Trinajstić information content (AvgIpc) is 2.77. The second kappa shape index (κ2) is 6.02. The number of amides is 1. The van der Waals surface area contributed by atoms with Crippen LogP contribution in [0.4, 0.5) is 5.69 Å². The van der Waals surface area contributed by atoms with Crippen molar-refractivity contribution in [3.8, 4) is 0 Å². The first-order chi connectivity index (χ1) is 9.04. The van der Waals surface area contributed by atoms with Crippen molar-refractivity contribution in [3.63, 3.8) is 0 Å². The molecule has 1 aromatic carbocycles. The molecule has 0 spiro atoms. The Labute approximate surface area is 120 Å². The summed E-state index contributed by atoms with van der Waals surface area (Å²) < 4.78 is 2.66. The summed E-state index contributed by atoms with van der Waals surface area (Å²) in [4.78, 5) is 11.9. The van der Waals surface area contributed by atoms with Gasteiger partial charge in [0, 0.05) is 24.8 Å². The Morgan fingerprint density at radius 2 is 2.21 bits per heavy atom. The second-order valence-electron chi connectivity index (χ2n) is 4.54. The minimum atomic E-state index is 0.000299. The highest BCUT2D eigenvalue weighted by Gasteiger charge is 2.06. The molecule has 2 rings (SSSR count). The maximum absolute atomic E-state index is 11.9. The smallest absolute Gasteiger partial charge is 0.226 e. The molecule has 0 aliphatic heterocycles. The number of nitrogens with zero attached hydrogens (tertiary/aromatic N) is 2. The highest BCUT2D eigenvalue weighted by atomic mass is 79.9. The van der Waals surface area contributed by atoms with Gasteiger partial charge in [0.2, 0.25) is 5.91 Å². The molecule has 0 unspecified atom stereocenters. The standard InChI is InChI=1S/C14H16BrN3O/c1-10-3-4-11(2)13(7-10)17-14(19)5-6-18-9-12(15)8-16-18/h3-4,7-9H,5-6H2,1-2H3,(H,17,19). The fourth-order valence-electron chi connectivity index (χ4n) is 1.76. The maximum Gasteiger partial charge on any atom is 0.226 e. The van der Waals surface area contributed by atoms with Crippen LogP contribution in [0.25, 0.3) is 0 Å². The number of rotatable bonds is 4. The number of carbonyl (C=O) groups is 1. The third kappa shape index (κ3) is 3.92. The van der Waals surface area contributed by atoms with Gasteiger partial charge in [0.05, 0.1) is 10.7 Å². The summed E-state index contributed by atoms with van der Waals surface area (Å²) >= 11 is 3.33. The predicted octanol–water partition coefficient (Wildman–Crippen LogP) is 3.29. The lowest BCUT2D eigenvalue weighted by molar-refractivity contribution is -0.116. The molecule has 0 radical (unpaired) electrons. The quantitative estimate of drug-likeness (QED) is 0.939. The number of carbonyl (C=O) groups excluding carboxylic acids is 1. The number of halogens is 1. The molecule has 1 amide bonds. The molecule has 100 valence electrons. The highest BCUT2D eigenvalue weighted by molar-refractivity contribution is 9.10. The molecule has 0 saturated carbocycles. The molecule has 1 aromatic heterocycles. The number of anilines is 1. The zero-order valence-corrected chi connectivity index (χ0v) is 12.6. The molecule has 1 N–H and O–H groups in total. The van der Waals surface area contributed by atoms with Gasteiger partial charge in [-0.05, 0) is 47.0 Å². The van der Waals surface area contributed by atoms with Gasteiger partial charge in [-0.1, -0.05) is 12.1 Å². The molecule has 0 fully saturated rings. The van der Waals surface area contributed by atoms with Gasteiger partial charge >= 0.3 is 0 Å². The first kappa shape index (κ1) is 13.8.